The van der Waals surface area contributed by atoms with Crippen LogP contribution in [0.2, 0.25) is 0 Å². The molecular formula is C16H19NO. The summed E-state index contributed by atoms with van der Waals surface area (Å²) in [7, 11) is 0. The summed E-state index contributed by atoms with van der Waals surface area (Å²) in [5, 5.41) is 10.3. The van der Waals surface area contributed by atoms with Crippen molar-refractivity contribution >= 4 is 0 Å². The normalized spacial score (nSPS) is 12.4. The summed E-state index contributed by atoms with van der Waals surface area (Å²) in [5.74, 6) is 0. The van der Waals surface area contributed by atoms with Crippen LogP contribution in [0.5, 0.6) is 0 Å². The molecule has 0 saturated carbocycles. The number of aliphatic hydroxyl groups excluding tert-OH is 1. The molecule has 0 radical (unpaired) electrons. The standard InChI is InChI=1S/C16H19NO/c1-3-4-13-5-7-14(8-6-13)16(18)15-11-12(2)9-10-17-15/h5-11,16,18H,3-4H2,1-2H3. The molecule has 2 aromatic rings. The van der Waals surface area contributed by atoms with Crippen LogP contribution < -0.4 is 0 Å². The first kappa shape index (κ1) is 12.8. The lowest BCUT2D eigenvalue weighted by atomic mass is 10.0. The first-order valence-electron chi connectivity index (χ1n) is 6.40. The highest BCUT2D eigenvalue weighted by atomic mass is 16.3. The van der Waals surface area contributed by atoms with Gasteiger partial charge in [0.2, 0.25) is 0 Å². The molecule has 0 aliphatic rings. The summed E-state index contributed by atoms with van der Waals surface area (Å²) in [6, 6.07) is 12.0. The molecule has 0 aliphatic carbocycles. The van der Waals surface area contributed by atoms with Crippen molar-refractivity contribution < 1.29 is 5.11 Å². The fourth-order valence-corrected chi connectivity index (χ4v) is 2.04. The quantitative estimate of drug-likeness (QED) is 0.889. The molecule has 2 rings (SSSR count). The van der Waals surface area contributed by atoms with Crippen molar-refractivity contribution in [2.24, 2.45) is 0 Å². The van der Waals surface area contributed by atoms with E-state index in [1.54, 1.807) is 6.20 Å². The van der Waals surface area contributed by atoms with Gasteiger partial charge >= 0.3 is 0 Å². The highest BCUT2D eigenvalue weighted by Crippen LogP contribution is 2.21. The zero-order chi connectivity index (χ0) is 13.0. The van der Waals surface area contributed by atoms with Crippen LogP contribution in [0.3, 0.4) is 0 Å². The number of benzene rings is 1. The van der Waals surface area contributed by atoms with Crippen molar-refractivity contribution in [3.8, 4) is 0 Å². The molecule has 1 N–H and O–H groups in total. The Hall–Kier alpha value is -1.67. The molecule has 1 aromatic carbocycles. The first-order chi connectivity index (χ1) is 8.70. The van der Waals surface area contributed by atoms with Crippen molar-refractivity contribution in [1.82, 2.24) is 4.98 Å². The predicted molar refractivity (Wildman–Crippen MR) is 73.5 cm³/mol. The van der Waals surface area contributed by atoms with Crippen LogP contribution in [-0.4, -0.2) is 10.1 Å². The van der Waals surface area contributed by atoms with Crippen LogP contribution in [0.4, 0.5) is 0 Å². The predicted octanol–water partition coefficient (Wildman–Crippen LogP) is 3.42. The summed E-state index contributed by atoms with van der Waals surface area (Å²) in [5.41, 5.74) is 4.03. The summed E-state index contributed by atoms with van der Waals surface area (Å²) >= 11 is 0. The maximum absolute atomic E-state index is 10.3. The van der Waals surface area contributed by atoms with Crippen LogP contribution in [0.1, 0.15) is 41.8 Å². The van der Waals surface area contributed by atoms with E-state index in [1.165, 1.54) is 5.56 Å². The van der Waals surface area contributed by atoms with Crippen molar-refractivity contribution in [3.05, 3.63) is 65.0 Å². The maximum Gasteiger partial charge on any atom is 0.121 e. The van der Waals surface area contributed by atoms with Crippen LogP contribution in [0.25, 0.3) is 0 Å². The number of pyridine rings is 1. The number of aromatic nitrogens is 1. The summed E-state index contributed by atoms with van der Waals surface area (Å²) in [6.45, 7) is 4.17. The Labute approximate surface area is 108 Å². The van der Waals surface area contributed by atoms with Gasteiger partial charge in [-0.05, 0) is 42.2 Å². The fraction of sp³-hybridized carbons (Fsp3) is 0.312. The summed E-state index contributed by atoms with van der Waals surface area (Å²) in [4.78, 5) is 4.22. The van der Waals surface area contributed by atoms with E-state index in [0.717, 1.165) is 24.0 Å². The van der Waals surface area contributed by atoms with E-state index in [1.807, 2.05) is 31.2 Å². The van der Waals surface area contributed by atoms with E-state index in [4.69, 9.17) is 0 Å². The lowest BCUT2D eigenvalue weighted by molar-refractivity contribution is 0.215. The molecule has 0 bridgehead atoms. The second-order valence-electron chi connectivity index (χ2n) is 4.65. The Bertz CT molecular complexity index is 505. The number of hydrogen-bond acceptors (Lipinski definition) is 2. The third-order valence-corrected chi connectivity index (χ3v) is 3.05. The molecule has 2 heteroatoms. The molecule has 1 unspecified atom stereocenters. The minimum absolute atomic E-state index is 0.638. The smallest absolute Gasteiger partial charge is 0.121 e. The second-order valence-corrected chi connectivity index (χ2v) is 4.65. The minimum atomic E-state index is -0.638. The first-order valence-corrected chi connectivity index (χ1v) is 6.40. The van der Waals surface area contributed by atoms with E-state index in [-0.39, 0.29) is 0 Å². The zero-order valence-electron chi connectivity index (χ0n) is 10.9. The lowest BCUT2D eigenvalue weighted by Crippen LogP contribution is -2.02. The number of nitrogens with zero attached hydrogens (tertiary/aromatic N) is 1. The van der Waals surface area contributed by atoms with Crippen LogP contribution in [0, 0.1) is 6.92 Å². The van der Waals surface area contributed by atoms with E-state index < -0.39 is 6.10 Å². The maximum atomic E-state index is 10.3. The van der Waals surface area contributed by atoms with Gasteiger partial charge in [0.25, 0.3) is 0 Å². The highest BCUT2D eigenvalue weighted by molar-refractivity contribution is 5.30. The zero-order valence-corrected chi connectivity index (χ0v) is 10.9. The minimum Gasteiger partial charge on any atom is -0.382 e. The van der Waals surface area contributed by atoms with Crippen LogP contribution in [-0.2, 0) is 6.42 Å². The van der Waals surface area contributed by atoms with Gasteiger partial charge in [-0.2, -0.15) is 0 Å². The fourth-order valence-electron chi connectivity index (χ4n) is 2.04. The van der Waals surface area contributed by atoms with Crippen molar-refractivity contribution in [2.45, 2.75) is 32.8 Å². The molecule has 2 nitrogen and oxygen atoms in total. The second kappa shape index (κ2) is 5.78. The Morgan fingerprint density at radius 2 is 1.89 bits per heavy atom. The van der Waals surface area contributed by atoms with Crippen molar-refractivity contribution in [2.75, 3.05) is 0 Å². The number of rotatable bonds is 4. The molecule has 94 valence electrons. The van der Waals surface area contributed by atoms with E-state index in [2.05, 4.69) is 24.0 Å². The molecule has 0 aliphatic heterocycles. The van der Waals surface area contributed by atoms with Gasteiger partial charge in [-0.25, -0.2) is 0 Å². The molecule has 0 spiro atoms. The third kappa shape index (κ3) is 2.96. The Morgan fingerprint density at radius 3 is 2.50 bits per heavy atom. The molecule has 1 aromatic heterocycles. The molecule has 1 atom stereocenters. The Morgan fingerprint density at radius 1 is 1.17 bits per heavy atom. The van der Waals surface area contributed by atoms with Gasteiger partial charge in [-0.3, -0.25) is 4.98 Å². The Balaban J connectivity index is 2.20. The third-order valence-electron chi connectivity index (χ3n) is 3.05. The topological polar surface area (TPSA) is 33.1 Å². The monoisotopic (exact) mass is 241 g/mol. The number of hydrogen-bond donors (Lipinski definition) is 1. The van der Waals surface area contributed by atoms with Gasteiger partial charge in [0.1, 0.15) is 6.10 Å². The number of aryl methyl sites for hydroxylation is 2. The molecule has 0 fully saturated rings. The van der Waals surface area contributed by atoms with Gasteiger partial charge < -0.3 is 5.11 Å². The SMILES string of the molecule is CCCc1ccc(C(O)c2cc(C)ccn2)cc1. The van der Waals surface area contributed by atoms with Gasteiger partial charge in [-0.15, -0.1) is 0 Å². The molecule has 1 heterocycles. The molecular weight excluding hydrogens is 222 g/mol. The summed E-state index contributed by atoms with van der Waals surface area (Å²) < 4.78 is 0. The molecule has 0 amide bonds. The van der Waals surface area contributed by atoms with Crippen molar-refractivity contribution in [3.63, 3.8) is 0 Å². The van der Waals surface area contributed by atoms with Gasteiger partial charge in [0.15, 0.2) is 0 Å². The van der Waals surface area contributed by atoms with Gasteiger partial charge in [0.05, 0.1) is 5.69 Å². The van der Waals surface area contributed by atoms with Gasteiger partial charge in [-0.1, -0.05) is 37.6 Å². The molecule has 0 saturated heterocycles. The largest absolute Gasteiger partial charge is 0.382 e. The van der Waals surface area contributed by atoms with E-state index in [9.17, 15) is 5.11 Å². The van der Waals surface area contributed by atoms with Crippen molar-refractivity contribution in [1.29, 1.82) is 0 Å². The van der Waals surface area contributed by atoms with Crippen LogP contribution >= 0.6 is 0 Å². The van der Waals surface area contributed by atoms with E-state index >= 15 is 0 Å². The summed E-state index contributed by atoms with van der Waals surface area (Å²) in [6.07, 6.45) is 3.32. The lowest BCUT2D eigenvalue weighted by Gasteiger charge is -2.11. The Kier molecular flexibility index (Phi) is 4.11. The number of aliphatic hydroxyl groups is 1. The highest BCUT2D eigenvalue weighted by Gasteiger charge is 2.11. The van der Waals surface area contributed by atoms with Gasteiger partial charge in [0, 0.05) is 6.20 Å². The average Bonchev–Trinajstić information content (AvgIpc) is 2.39. The van der Waals surface area contributed by atoms with E-state index in [0.29, 0.717) is 5.69 Å². The molecule has 18 heavy (non-hydrogen) atoms. The van der Waals surface area contributed by atoms with Crippen LogP contribution in [0.15, 0.2) is 42.6 Å². The average molecular weight is 241 g/mol.